The van der Waals surface area contributed by atoms with Gasteiger partial charge in [-0.3, -0.25) is 9.59 Å². The van der Waals surface area contributed by atoms with E-state index in [1.165, 1.54) is 10.9 Å². The Labute approximate surface area is 142 Å². The fraction of sp³-hybridized carbons (Fsp3) is 0.474. The van der Waals surface area contributed by atoms with Crippen molar-refractivity contribution in [1.82, 2.24) is 15.2 Å². The SMILES string of the molecule is CC(C)(C)N1CC(C(=O)NCCc2ccc3cc[nH]c3c2)CC1=O. The van der Waals surface area contributed by atoms with Crippen LogP contribution in [0.2, 0.25) is 0 Å². The number of nitrogens with one attached hydrogen (secondary N) is 2. The third-order valence-electron chi connectivity index (χ3n) is 4.64. The van der Waals surface area contributed by atoms with Crippen molar-refractivity contribution in [2.45, 2.75) is 39.2 Å². The Morgan fingerprint density at radius 3 is 2.83 bits per heavy atom. The second kappa shape index (κ2) is 6.30. The summed E-state index contributed by atoms with van der Waals surface area (Å²) in [6, 6.07) is 8.32. The van der Waals surface area contributed by atoms with Gasteiger partial charge in [-0.2, -0.15) is 0 Å². The number of aromatic amines is 1. The molecule has 3 rings (SSSR count). The number of benzene rings is 1. The molecule has 1 fully saturated rings. The number of aromatic nitrogens is 1. The lowest BCUT2D eigenvalue weighted by molar-refractivity contribution is -0.132. The summed E-state index contributed by atoms with van der Waals surface area (Å²) in [5.74, 6) is -0.182. The minimum absolute atomic E-state index is 0.0175. The van der Waals surface area contributed by atoms with Crippen molar-refractivity contribution in [3.05, 3.63) is 36.0 Å². The average molecular weight is 327 g/mol. The molecular formula is C19H25N3O2. The largest absolute Gasteiger partial charge is 0.361 e. The Hall–Kier alpha value is -2.30. The molecule has 24 heavy (non-hydrogen) atoms. The van der Waals surface area contributed by atoms with Gasteiger partial charge in [0, 0.05) is 36.8 Å². The van der Waals surface area contributed by atoms with E-state index in [1.807, 2.05) is 33.0 Å². The number of likely N-dealkylation sites (tertiary alicyclic amines) is 1. The Morgan fingerprint density at radius 2 is 2.12 bits per heavy atom. The van der Waals surface area contributed by atoms with Gasteiger partial charge in [0.25, 0.3) is 0 Å². The van der Waals surface area contributed by atoms with Gasteiger partial charge in [0.1, 0.15) is 0 Å². The zero-order valence-electron chi connectivity index (χ0n) is 14.6. The smallest absolute Gasteiger partial charge is 0.225 e. The first-order valence-corrected chi connectivity index (χ1v) is 8.49. The van der Waals surface area contributed by atoms with Crippen molar-refractivity contribution in [2.24, 2.45) is 5.92 Å². The number of hydrogen-bond acceptors (Lipinski definition) is 2. The number of fused-ring (bicyclic) bond motifs is 1. The molecule has 1 aliphatic rings. The normalized spacial score (nSPS) is 18.4. The van der Waals surface area contributed by atoms with Gasteiger partial charge in [0.15, 0.2) is 0 Å². The molecule has 5 nitrogen and oxygen atoms in total. The number of rotatable bonds is 4. The molecule has 2 heterocycles. The number of hydrogen-bond donors (Lipinski definition) is 2. The van der Waals surface area contributed by atoms with Crippen LogP contribution in [0.3, 0.4) is 0 Å². The lowest BCUT2D eigenvalue weighted by atomic mass is 10.1. The van der Waals surface area contributed by atoms with E-state index in [2.05, 4.69) is 28.5 Å². The second-order valence-corrected chi connectivity index (χ2v) is 7.52. The van der Waals surface area contributed by atoms with E-state index in [-0.39, 0.29) is 23.3 Å². The van der Waals surface area contributed by atoms with Crippen molar-refractivity contribution in [1.29, 1.82) is 0 Å². The summed E-state index contributed by atoms with van der Waals surface area (Å²) in [5.41, 5.74) is 2.07. The third kappa shape index (κ3) is 3.45. The molecular weight excluding hydrogens is 302 g/mol. The molecule has 1 aromatic carbocycles. The molecule has 0 aliphatic carbocycles. The van der Waals surface area contributed by atoms with Crippen molar-refractivity contribution >= 4 is 22.7 Å². The van der Waals surface area contributed by atoms with Crippen LogP contribution in [-0.2, 0) is 16.0 Å². The van der Waals surface area contributed by atoms with Gasteiger partial charge in [-0.15, -0.1) is 0 Å². The predicted molar refractivity (Wildman–Crippen MR) is 94.6 cm³/mol. The molecule has 2 N–H and O–H groups in total. The van der Waals surface area contributed by atoms with Crippen LogP contribution < -0.4 is 5.32 Å². The Balaban J connectivity index is 1.51. The number of amides is 2. The maximum Gasteiger partial charge on any atom is 0.225 e. The van der Waals surface area contributed by atoms with Gasteiger partial charge < -0.3 is 15.2 Å². The molecule has 0 bridgehead atoms. The predicted octanol–water partition coefficient (Wildman–Crippen LogP) is 2.47. The van der Waals surface area contributed by atoms with E-state index < -0.39 is 0 Å². The Kier molecular flexibility index (Phi) is 4.35. The lowest BCUT2D eigenvalue weighted by Gasteiger charge is -2.31. The van der Waals surface area contributed by atoms with Gasteiger partial charge in [-0.25, -0.2) is 0 Å². The lowest BCUT2D eigenvalue weighted by Crippen LogP contribution is -2.43. The van der Waals surface area contributed by atoms with Crippen LogP contribution >= 0.6 is 0 Å². The standard InChI is InChI=1S/C19H25N3O2/c1-19(2,3)22-12-15(11-17(22)23)18(24)21-8-6-13-4-5-14-7-9-20-16(14)10-13/h4-5,7,9-10,15,20H,6,8,11-12H2,1-3H3,(H,21,24). The summed E-state index contributed by atoms with van der Waals surface area (Å²) < 4.78 is 0. The highest BCUT2D eigenvalue weighted by Crippen LogP contribution is 2.25. The van der Waals surface area contributed by atoms with Crippen molar-refractivity contribution in [3.63, 3.8) is 0 Å². The molecule has 1 aromatic heterocycles. The van der Waals surface area contributed by atoms with Crippen LogP contribution in [0.1, 0.15) is 32.8 Å². The molecule has 1 saturated heterocycles. The van der Waals surface area contributed by atoms with Crippen LogP contribution in [-0.4, -0.2) is 40.3 Å². The van der Waals surface area contributed by atoms with E-state index in [9.17, 15) is 9.59 Å². The second-order valence-electron chi connectivity index (χ2n) is 7.52. The number of nitrogens with zero attached hydrogens (tertiary/aromatic N) is 1. The molecule has 2 aromatic rings. The van der Waals surface area contributed by atoms with E-state index in [1.54, 1.807) is 4.90 Å². The summed E-state index contributed by atoms with van der Waals surface area (Å²) >= 11 is 0. The fourth-order valence-corrected chi connectivity index (χ4v) is 3.26. The summed E-state index contributed by atoms with van der Waals surface area (Å²) in [6.45, 7) is 7.11. The maximum absolute atomic E-state index is 12.3. The maximum atomic E-state index is 12.3. The molecule has 128 valence electrons. The summed E-state index contributed by atoms with van der Waals surface area (Å²) in [6.07, 6.45) is 3.02. The first-order chi connectivity index (χ1) is 11.3. The molecule has 1 unspecified atom stereocenters. The van der Waals surface area contributed by atoms with E-state index in [0.29, 0.717) is 19.5 Å². The average Bonchev–Trinajstić information content (AvgIpc) is 3.12. The molecule has 1 aliphatic heterocycles. The first kappa shape index (κ1) is 16.6. The van der Waals surface area contributed by atoms with Crippen LogP contribution in [0, 0.1) is 5.92 Å². The molecule has 0 radical (unpaired) electrons. The molecule has 5 heteroatoms. The fourth-order valence-electron chi connectivity index (χ4n) is 3.26. The van der Waals surface area contributed by atoms with Crippen LogP contribution in [0.5, 0.6) is 0 Å². The van der Waals surface area contributed by atoms with Gasteiger partial charge in [0.05, 0.1) is 5.92 Å². The number of carbonyl (C=O) groups excluding carboxylic acids is 2. The van der Waals surface area contributed by atoms with Crippen molar-refractivity contribution in [2.75, 3.05) is 13.1 Å². The summed E-state index contributed by atoms with van der Waals surface area (Å²) in [4.78, 5) is 29.4. The molecule has 0 spiro atoms. The van der Waals surface area contributed by atoms with Gasteiger partial charge in [0.2, 0.25) is 11.8 Å². The van der Waals surface area contributed by atoms with Crippen LogP contribution in [0.15, 0.2) is 30.5 Å². The van der Waals surface area contributed by atoms with Gasteiger partial charge >= 0.3 is 0 Å². The number of carbonyl (C=O) groups is 2. The molecule has 1 atom stereocenters. The van der Waals surface area contributed by atoms with Crippen molar-refractivity contribution < 1.29 is 9.59 Å². The van der Waals surface area contributed by atoms with Crippen LogP contribution in [0.25, 0.3) is 10.9 Å². The highest BCUT2D eigenvalue weighted by molar-refractivity contribution is 5.89. The number of H-pyrrole nitrogens is 1. The zero-order chi connectivity index (χ0) is 17.3. The third-order valence-corrected chi connectivity index (χ3v) is 4.64. The summed E-state index contributed by atoms with van der Waals surface area (Å²) in [5, 5.41) is 4.17. The highest BCUT2D eigenvalue weighted by Gasteiger charge is 2.39. The van der Waals surface area contributed by atoms with Gasteiger partial charge in [-0.1, -0.05) is 12.1 Å². The Bertz CT molecular complexity index is 757. The topological polar surface area (TPSA) is 65.2 Å². The Morgan fingerprint density at radius 1 is 1.33 bits per heavy atom. The van der Waals surface area contributed by atoms with Crippen molar-refractivity contribution in [3.8, 4) is 0 Å². The molecule has 0 saturated carbocycles. The van der Waals surface area contributed by atoms with E-state index in [4.69, 9.17) is 0 Å². The minimum Gasteiger partial charge on any atom is -0.361 e. The van der Waals surface area contributed by atoms with Gasteiger partial charge in [-0.05, 0) is 50.3 Å². The zero-order valence-corrected chi connectivity index (χ0v) is 14.6. The minimum atomic E-state index is -0.234. The van der Waals surface area contributed by atoms with E-state index in [0.717, 1.165) is 11.9 Å². The van der Waals surface area contributed by atoms with Crippen LogP contribution in [0.4, 0.5) is 0 Å². The highest BCUT2D eigenvalue weighted by atomic mass is 16.2. The molecule has 2 amide bonds. The summed E-state index contributed by atoms with van der Waals surface area (Å²) in [7, 11) is 0. The quantitative estimate of drug-likeness (QED) is 0.906. The monoisotopic (exact) mass is 327 g/mol. The van der Waals surface area contributed by atoms with E-state index >= 15 is 0 Å². The first-order valence-electron chi connectivity index (χ1n) is 8.49.